The van der Waals surface area contributed by atoms with Gasteiger partial charge in [0, 0.05) is 42.1 Å². The predicted molar refractivity (Wildman–Crippen MR) is 102 cm³/mol. The van der Waals surface area contributed by atoms with Crippen molar-refractivity contribution >= 4 is 5.69 Å². The van der Waals surface area contributed by atoms with Crippen LogP contribution in [-0.2, 0) is 6.42 Å². The molecule has 0 unspecified atom stereocenters. The third-order valence-electron chi connectivity index (χ3n) is 6.81. The molecule has 0 spiro atoms. The average Bonchev–Trinajstić information content (AvgIpc) is 3.22. The van der Waals surface area contributed by atoms with Gasteiger partial charge in [-0.1, -0.05) is 23.8 Å². The zero-order valence-corrected chi connectivity index (χ0v) is 15.4. The first-order chi connectivity index (χ1) is 12.1. The second-order valence-electron chi connectivity index (χ2n) is 8.21. The summed E-state index contributed by atoms with van der Waals surface area (Å²) in [5, 5.41) is 0. The molecule has 1 aromatic carbocycles. The van der Waals surface area contributed by atoms with Crippen LogP contribution >= 0.6 is 0 Å². The summed E-state index contributed by atoms with van der Waals surface area (Å²) in [6.45, 7) is 5.38. The number of hydrogen-bond acceptors (Lipinski definition) is 3. The minimum Gasteiger partial charge on any atom is -0.366 e. The van der Waals surface area contributed by atoms with Crippen molar-refractivity contribution in [2.75, 3.05) is 18.5 Å². The predicted octanol–water partition coefficient (Wildman–Crippen LogP) is 3.69. The van der Waals surface area contributed by atoms with E-state index in [1.54, 1.807) is 5.56 Å². The summed E-state index contributed by atoms with van der Waals surface area (Å²) in [5.74, 6) is 0.704. The SMILES string of the molecule is Cc1ccc2c(c1)[C@H]1[C@H]([C@H]3CC[C@@H]1N3C)N2CCc1ccc(C)nc1. The van der Waals surface area contributed by atoms with E-state index in [9.17, 15) is 0 Å². The van der Waals surface area contributed by atoms with Gasteiger partial charge in [0.2, 0.25) is 0 Å². The molecule has 0 aliphatic carbocycles. The fourth-order valence-corrected chi connectivity index (χ4v) is 5.63. The number of aromatic nitrogens is 1. The van der Waals surface area contributed by atoms with Crippen LogP contribution in [0.4, 0.5) is 5.69 Å². The van der Waals surface area contributed by atoms with Crippen LogP contribution in [0.1, 0.15) is 41.1 Å². The van der Waals surface area contributed by atoms with Crippen molar-refractivity contribution < 1.29 is 0 Å². The molecule has 1 aromatic heterocycles. The maximum absolute atomic E-state index is 4.47. The molecule has 2 fully saturated rings. The quantitative estimate of drug-likeness (QED) is 0.854. The number of fused-ring (bicyclic) bond motifs is 7. The molecule has 4 heterocycles. The van der Waals surface area contributed by atoms with Crippen molar-refractivity contribution in [2.24, 2.45) is 0 Å². The third-order valence-corrected chi connectivity index (χ3v) is 6.81. The Balaban J connectivity index is 1.47. The minimum atomic E-state index is 0.666. The van der Waals surface area contributed by atoms with Gasteiger partial charge in [0.15, 0.2) is 0 Å². The van der Waals surface area contributed by atoms with E-state index < -0.39 is 0 Å². The number of benzene rings is 1. The lowest BCUT2D eigenvalue weighted by Gasteiger charge is -2.33. The van der Waals surface area contributed by atoms with Crippen LogP contribution in [0.2, 0.25) is 0 Å². The fraction of sp³-hybridized carbons (Fsp3) is 0.500. The van der Waals surface area contributed by atoms with Gasteiger partial charge in [-0.05, 0) is 63.4 Å². The summed E-state index contributed by atoms with van der Waals surface area (Å²) in [6, 6.07) is 13.6. The van der Waals surface area contributed by atoms with Crippen LogP contribution in [0.25, 0.3) is 0 Å². The van der Waals surface area contributed by atoms with Crippen LogP contribution in [0.15, 0.2) is 36.5 Å². The fourth-order valence-electron chi connectivity index (χ4n) is 5.63. The van der Waals surface area contributed by atoms with Crippen LogP contribution < -0.4 is 4.90 Å². The first kappa shape index (κ1) is 15.4. The molecular formula is C22H27N3. The summed E-state index contributed by atoms with van der Waals surface area (Å²) in [6.07, 6.45) is 5.85. The lowest BCUT2D eigenvalue weighted by atomic mass is 9.82. The van der Waals surface area contributed by atoms with Crippen molar-refractivity contribution in [1.82, 2.24) is 9.88 Å². The number of aryl methyl sites for hydroxylation is 2. The number of anilines is 1. The highest BCUT2D eigenvalue weighted by molar-refractivity contribution is 5.65. The molecule has 4 atom stereocenters. The Morgan fingerprint density at radius 1 is 1.08 bits per heavy atom. The Labute approximate surface area is 150 Å². The third kappa shape index (κ3) is 2.25. The van der Waals surface area contributed by atoms with Gasteiger partial charge in [0.25, 0.3) is 0 Å². The second-order valence-corrected chi connectivity index (χ2v) is 8.21. The number of hydrogen-bond donors (Lipinski definition) is 0. The molecule has 0 amide bonds. The molecular weight excluding hydrogens is 306 g/mol. The van der Waals surface area contributed by atoms with E-state index in [0.29, 0.717) is 12.0 Å². The normalized spacial score (nSPS) is 30.0. The van der Waals surface area contributed by atoms with Gasteiger partial charge in [0.1, 0.15) is 0 Å². The first-order valence-corrected chi connectivity index (χ1v) is 9.64. The molecule has 3 aliphatic rings. The molecule has 3 heteroatoms. The van der Waals surface area contributed by atoms with Crippen molar-refractivity contribution in [3.8, 4) is 0 Å². The molecule has 2 bridgehead atoms. The minimum absolute atomic E-state index is 0.666. The largest absolute Gasteiger partial charge is 0.366 e. The lowest BCUT2D eigenvalue weighted by molar-refractivity contribution is 0.300. The van der Waals surface area contributed by atoms with Gasteiger partial charge in [0.05, 0.1) is 6.04 Å². The van der Waals surface area contributed by atoms with Crippen molar-refractivity contribution in [1.29, 1.82) is 0 Å². The highest BCUT2D eigenvalue weighted by atomic mass is 15.3. The number of pyridine rings is 1. The Morgan fingerprint density at radius 2 is 1.92 bits per heavy atom. The van der Waals surface area contributed by atoms with E-state index in [4.69, 9.17) is 0 Å². The number of likely N-dealkylation sites (N-methyl/N-ethyl adjacent to an activating group) is 1. The van der Waals surface area contributed by atoms with Crippen LogP contribution in [0.5, 0.6) is 0 Å². The van der Waals surface area contributed by atoms with Gasteiger partial charge < -0.3 is 4.90 Å². The van der Waals surface area contributed by atoms with Crippen molar-refractivity contribution in [3.05, 3.63) is 58.9 Å². The monoisotopic (exact) mass is 333 g/mol. The highest BCUT2D eigenvalue weighted by Crippen LogP contribution is 2.55. The summed E-state index contributed by atoms with van der Waals surface area (Å²) in [7, 11) is 2.35. The Hall–Kier alpha value is -1.87. The van der Waals surface area contributed by atoms with Crippen LogP contribution in [0, 0.1) is 13.8 Å². The zero-order chi connectivity index (χ0) is 17.1. The molecule has 0 N–H and O–H groups in total. The van der Waals surface area contributed by atoms with Gasteiger partial charge in [-0.2, -0.15) is 0 Å². The van der Waals surface area contributed by atoms with Gasteiger partial charge >= 0.3 is 0 Å². The average molecular weight is 333 g/mol. The molecule has 5 rings (SSSR count). The maximum Gasteiger partial charge on any atom is 0.0529 e. The first-order valence-electron chi connectivity index (χ1n) is 9.64. The lowest BCUT2D eigenvalue weighted by Crippen LogP contribution is -2.44. The van der Waals surface area contributed by atoms with E-state index in [1.165, 1.54) is 29.7 Å². The Morgan fingerprint density at radius 3 is 2.72 bits per heavy atom. The standard InChI is InChI=1S/C22H27N3/c1-14-4-7-18-17(12-14)21-19-8-9-20(24(19)3)22(21)25(18)11-10-16-6-5-15(2)23-13-16/h4-7,12-13,19-22H,8-11H2,1-3H3/t19-,20+,21+,22-/m0/s1. The van der Waals surface area contributed by atoms with E-state index in [1.807, 2.05) is 6.20 Å². The number of rotatable bonds is 3. The van der Waals surface area contributed by atoms with Crippen LogP contribution in [0.3, 0.4) is 0 Å². The molecule has 2 aromatic rings. The van der Waals surface area contributed by atoms with Gasteiger partial charge in [-0.3, -0.25) is 9.88 Å². The molecule has 130 valence electrons. The van der Waals surface area contributed by atoms with Crippen LogP contribution in [-0.4, -0.2) is 41.6 Å². The van der Waals surface area contributed by atoms with Crippen molar-refractivity contribution in [3.63, 3.8) is 0 Å². The molecule has 0 saturated carbocycles. The Kier molecular flexibility index (Phi) is 3.43. The molecule has 3 aliphatic heterocycles. The highest BCUT2D eigenvalue weighted by Gasteiger charge is 2.57. The van der Waals surface area contributed by atoms with Crippen molar-refractivity contribution in [2.45, 2.75) is 57.2 Å². The van der Waals surface area contributed by atoms with Gasteiger partial charge in [-0.15, -0.1) is 0 Å². The number of nitrogens with zero attached hydrogens (tertiary/aromatic N) is 3. The topological polar surface area (TPSA) is 19.4 Å². The molecule has 25 heavy (non-hydrogen) atoms. The van der Waals surface area contributed by atoms with E-state index in [2.05, 4.69) is 66.0 Å². The maximum atomic E-state index is 4.47. The summed E-state index contributed by atoms with van der Waals surface area (Å²) in [4.78, 5) is 9.86. The van der Waals surface area contributed by atoms with E-state index in [-0.39, 0.29) is 0 Å². The smallest absolute Gasteiger partial charge is 0.0529 e. The second kappa shape index (κ2) is 5.57. The summed E-state index contributed by atoms with van der Waals surface area (Å²) < 4.78 is 0. The Bertz CT molecular complexity index is 797. The molecule has 3 nitrogen and oxygen atoms in total. The van der Waals surface area contributed by atoms with E-state index >= 15 is 0 Å². The summed E-state index contributed by atoms with van der Waals surface area (Å²) >= 11 is 0. The molecule has 2 saturated heterocycles. The molecule has 0 radical (unpaired) electrons. The summed E-state index contributed by atoms with van der Waals surface area (Å²) in [5.41, 5.74) is 6.93. The zero-order valence-electron chi connectivity index (χ0n) is 15.4. The van der Waals surface area contributed by atoms with Gasteiger partial charge in [-0.25, -0.2) is 0 Å². The van der Waals surface area contributed by atoms with E-state index in [0.717, 1.165) is 30.7 Å².